The number of aliphatic hydroxyl groups is 1. The SMILES string of the molecule is CCCn1ncc(C(=O)NCC(C)(O)c2ccc(OC)cc2)c1C. The molecule has 1 amide bonds. The molecular formula is C18H25N3O3. The molecule has 24 heavy (non-hydrogen) atoms. The summed E-state index contributed by atoms with van der Waals surface area (Å²) in [4.78, 5) is 12.4. The molecule has 0 aliphatic rings. The van der Waals surface area contributed by atoms with Crippen molar-refractivity contribution in [2.45, 2.75) is 39.3 Å². The molecule has 1 heterocycles. The molecule has 0 aliphatic carbocycles. The monoisotopic (exact) mass is 331 g/mol. The molecule has 0 aliphatic heterocycles. The number of ether oxygens (including phenoxy) is 1. The number of aromatic nitrogens is 2. The second-order valence-corrected chi connectivity index (χ2v) is 6.05. The van der Waals surface area contributed by atoms with Gasteiger partial charge in [0.2, 0.25) is 0 Å². The maximum Gasteiger partial charge on any atom is 0.254 e. The number of nitrogens with zero attached hydrogens (tertiary/aromatic N) is 2. The third-order valence-electron chi connectivity index (χ3n) is 4.09. The Morgan fingerprint density at radius 3 is 2.62 bits per heavy atom. The van der Waals surface area contributed by atoms with Crippen LogP contribution in [-0.4, -0.2) is 34.4 Å². The fourth-order valence-corrected chi connectivity index (χ4v) is 2.51. The molecule has 0 fully saturated rings. The molecule has 0 spiro atoms. The molecule has 6 nitrogen and oxygen atoms in total. The molecule has 0 saturated heterocycles. The standard InChI is InChI=1S/C18H25N3O3/c1-5-10-21-13(2)16(11-20-21)17(22)19-12-18(3,23)14-6-8-15(24-4)9-7-14/h6-9,11,23H,5,10,12H2,1-4H3,(H,19,22). The van der Waals surface area contributed by atoms with E-state index < -0.39 is 5.60 Å². The molecule has 1 aromatic carbocycles. The van der Waals surface area contributed by atoms with Crippen LogP contribution < -0.4 is 10.1 Å². The number of carbonyl (C=O) groups excluding carboxylic acids is 1. The molecule has 2 rings (SSSR count). The normalized spacial score (nSPS) is 13.4. The highest BCUT2D eigenvalue weighted by atomic mass is 16.5. The van der Waals surface area contributed by atoms with Crippen LogP contribution >= 0.6 is 0 Å². The average molecular weight is 331 g/mol. The molecule has 130 valence electrons. The van der Waals surface area contributed by atoms with Gasteiger partial charge in [-0.3, -0.25) is 9.48 Å². The Morgan fingerprint density at radius 2 is 2.04 bits per heavy atom. The lowest BCUT2D eigenvalue weighted by molar-refractivity contribution is 0.0526. The summed E-state index contributed by atoms with van der Waals surface area (Å²) in [6.07, 6.45) is 2.53. The molecule has 6 heteroatoms. The first kappa shape index (κ1) is 18.0. The van der Waals surface area contributed by atoms with Crippen molar-refractivity contribution in [3.05, 3.63) is 47.3 Å². The zero-order chi connectivity index (χ0) is 17.7. The molecular weight excluding hydrogens is 306 g/mol. The van der Waals surface area contributed by atoms with Crippen LogP contribution in [0.1, 0.15) is 41.9 Å². The predicted molar refractivity (Wildman–Crippen MR) is 92.2 cm³/mol. The van der Waals surface area contributed by atoms with Crippen LogP contribution in [0.25, 0.3) is 0 Å². The van der Waals surface area contributed by atoms with E-state index in [4.69, 9.17) is 4.74 Å². The Morgan fingerprint density at radius 1 is 1.38 bits per heavy atom. The van der Waals surface area contributed by atoms with Gasteiger partial charge in [-0.05, 0) is 38.0 Å². The molecule has 2 aromatic rings. The van der Waals surface area contributed by atoms with Crippen molar-refractivity contribution in [1.29, 1.82) is 0 Å². The summed E-state index contributed by atoms with van der Waals surface area (Å²) in [5, 5.41) is 17.6. The molecule has 1 unspecified atom stereocenters. The van der Waals surface area contributed by atoms with Gasteiger partial charge in [0.1, 0.15) is 11.4 Å². The Bertz CT molecular complexity index is 690. The maximum absolute atomic E-state index is 12.4. The van der Waals surface area contributed by atoms with E-state index in [-0.39, 0.29) is 12.5 Å². The van der Waals surface area contributed by atoms with Crippen molar-refractivity contribution in [1.82, 2.24) is 15.1 Å². The van der Waals surface area contributed by atoms with Crippen molar-refractivity contribution < 1.29 is 14.6 Å². The number of amides is 1. The van der Waals surface area contributed by atoms with Gasteiger partial charge in [-0.15, -0.1) is 0 Å². The predicted octanol–water partition coefficient (Wildman–Crippen LogP) is 2.25. The first-order valence-electron chi connectivity index (χ1n) is 8.06. The Balaban J connectivity index is 2.04. The van der Waals surface area contributed by atoms with Gasteiger partial charge in [-0.2, -0.15) is 5.10 Å². The van der Waals surface area contributed by atoms with Crippen LogP contribution in [0, 0.1) is 6.92 Å². The van der Waals surface area contributed by atoms with Gasteiger partial charge in [-0.1, -0.05) is 19.1 Å². The molecule has 0 radical (unpaired) electrons. The highest BCUT2D eigenvalue weighted by Crippen LogP contribution is 2.22. The smallest absolute Gasteiger partial charge is 0.254 e. The largest absolute Gasteiger partial charge is 0.497 e. The van der Waals surface area contributed by atoms with Crippen molar-refractivity contribution in [3.63, 3.8) is 0 Å². The number of hydrogen-bond acceptors (Lipinski definition) is 4. The number of hydrogen-bond donors (Lipinski definition) is 2. The van der Waals surface area contributed by atoms with E-state index in [0.29, 0.717) is 11.1 Å². The minimum atomic E-state index is -1.17. The second kappa shape index (κ2) is 7.49. The lowest BCUT2D eigenvalue weighted by atomic mass is 9.96. The number of benzene rings is 1. The molecule has 0 saturated carbocycles. The first-order chi connectivity index (χ1) is 11.4. The summed E-state index contributed by atoms with van der Waals surface area (Å²) in [7, 11) is 1.59. The number of nitrogens with one attached hydrogen (secondary N) is 1. The van der Waals surface area contributed by atoms with Crippen LogP contribution in [-0.2, 0) is 12.1 Å². The fourth-order valence-electron chi connectivity index (χ4n) is 2.51. The third kappa shape index (κ3) is 3.94. The van der Waals surface area contributed by atoms with E-state index in [1.807, 2.05) is 11.6 Å². The van der Waals surface area contributed by atoms with Gasteiger partial charge >= 0.3 is 0 Å². The van der Waals surface area contributed by atoms with E-state index in [2.05, 4.69) is 17.3 Å². The summed E-state index contributed by atoms with van der Waals surface area (Å²) in [5.41, 5.74) is 0.907. The van der Waals surface area contributed by atoms with Crippen LogP contribution in [0.5, 0.6) is 5.75 Å². The number of methoxy groups -OCH3 is 1. The van der Waals surface area contributed by atoms with E-state index >= 15 is 0 Å². The molecule has 0 bridgehead atoms. The Hall–Kier alpha value is -2.34. The molecule has 2 N–H and O–H groups in total. The average Bonchev–Trinajstić information content (AvgIpc) is 2.94. The first-order valence-corrected chi connectivity index (χ1v) is 8.06. The van der Waals surface area contributed by atoms with Gasteiger partial charge in [-0.25, -0.2) is 0 Å². The number of aryl methyl sites for hydroxylation is 1. The van der Waals surface area contributed by atoms with E-state index in [9.17, 15) is 9.90 Å². The van der Waals surface area contributed by atoms with Crippen LogP contribution in [0.2, 0.25) is 0 Å². The van der Waals surface area contributed by atoms with E-state index in [1.54, 1.807) is 44.5 Å². The van der Waals surface area contributed by atoms with Crippen LogP contribution in [0.3, 0.4) is 0 Å². The molecule has 1 atom stereocenters. The zero-order valence-corrected chi connectivity index (χ0v) is 14.7. The zero-order valence-electron chi connectivity index (χ0n) is 14.7. The van der Waals surface area contributed by atoms with Gasteiger partial charge in [0.25, 0.3) is 5.91 Å². The van der Waals surface area contributed by atoms with Crippen molar-refractivity contribution in [3.8, 4) is 5.75 Å². The number of carbonyl (C=O) groups is 1. The summed E-state index contributed by atoms with van der Waals surface area (Å²) in [6, 6.07) is 7.14. The van der Waals surface area contributed by atoms with Crippen molar-refractivity contribution >= 4 is 5.91 Å². The minimum absolute atomic E-state index is 0.108. The van der Waals surface area contributed by atoms with E-state index in [1.165, 1.54) is 0 Å². The Kier molecular flexibility index (Phi) is 5.62. The van der Waals surface area contributed by atoms with Gasteiger partial charge < -0.3 is 15.2 Å². The summed E-state index contributed by atoms with van der Waals surface area (Å²) in [5.74, 6) is 0.487. The lowest BCUT2D eigenvalue weighted by Gasteiger charge is -2.24. The lowest BCUT2D eigenvalue weighted by Crippen LogP contribution is -2.38. The third-order valence-corrected chi connectivity index (χ3v) is 4.09. The quantitative estimate of drug-likeness (QED) is 0.816. The summed E-state index contributed by atoms with van der Waals surface area (Å²) in [6.45, 7) is 6.49. The highest BCUT2D eigenvalue weighted by Gasteiger charge is 2.25. The second-order valence-electron chi connectivity index (χ2n) is 6.05. The maximum atomic E-state index is 12.4. The topological polar surface area (TPSA) is 76.4 Å². The van der Waals surface area contributed by atoms with Gasteiger partial charge in [0.05, 0.1) is 25.4 Å². The van der Waals surface area contributed by atoms with Crippen LogP contribution in [0.15, 0.2) is 30.5 Å². The van der Waals surface area contributed by atoms with Gasteiger partial charge in [0.15, 0.2) is 0 Å². The summed E-state index contributed by atoms with van der Waals surface area (Å²) >= 11 is 0. The highest BCUT2D eigenvalue weighted by molar-refractivity contribution is 5.95. The molecule has 1 aromatic heterocycles. The Labute approximate surface area is 142 Å². The minimum Gasteiger partial charge on any atom is -0.497 e. The fraction of sp³-hybridized carbons (Fsp3) is 0.444. The summed E-state index contributed by atoms with van der Waals surface area (Å²) < 4.78 is 6.93. The van der Waals surface area contributed by atoms with E-state index in [0.717, 1.165) is 24.4 Å². The number of rotatable bonds is 7. The van der Waals surface area contributed by atoms with Crippen molar-refractivity contribution in [2.75, 3.05) is 13.7 Å². The van der Waals surface area contributed by atoms with Crippen molar-refractivity contribution in [2.24, 2.45) is 0 Å². The van der Waals surface area contributed by atoms with Crippen LogP contribution in [0.4, 0.5) is 0 Å². The van der Waals surface area contributed by atoms with Gasteiger partial charge in [0, 0.05) is 12.2 Å².